The number of benzene rings is 2. The van der Waals surface area contributed by atoms with Crippen molar-refractivity contribution in [2.75, 3.05) is 5.32 Å². The molecular weight excluding hydrogens is 331 g/mol. The van der Waals surface area contributed by atoms with Gasteiger partial charge in [0.15, 0.2) is 5.82 Å². The first-order chi connectivity index (χ1) is 12.7. The number of aromatic nitrogens is 3. The van der Waals surface area contributed by atoms with Crippen LogP contribution in [0.4, 0.5) is 10.1 Å². The Morgan fingerprint density at radius 3 is 2.58 bits per heavy atom. The molecule has 0 spiro atoms. The molecule has 2 aromatic carbocycles. The van der Waals surface area contributed by atoms with Gasteiger partial charge in [-0.15, -0.1) is 0 Å². The molecule has 26 heavy (non-hydrogen) atoms. The number of anilines is 1. The van der Waals surface area contributed by atoms with Gasteiger partial charge in [-0.3, -0.25) is 9.78 Å². The summed E-state index contributed by atoms with van der Waals surface area (Å²) in [5.41, 5.74) is 2.41. The van der Waals surface area contributed by atoms with Crippen molar-refractivity contribution in [3.8, 4) is 11.5 Å². The summed E-state index contributed by atoms with van der Waals surface area (Å²) in [5, 5.41) is 2.61. The number of carbonyl (C=O) groups is 1. The average Bonchev–Trinajstić information content (AvgIpc) is 3.03. The van der Waals surface area contributed by atoms with Crippen molar-refractivity contribution in [1.82, 2.24) is 14.5 Å². The quantitative estimate of drug-likeness (QED) is 0.610. The maximum absolute atomic E-state index is 13.8. The van der Waals surface area contributed by atoms with Crippen LogP contribution in [0.3, 0.4) is 0 Å². The zero-order valence-electron chi connectivity index (χ0n) is 13.8. The lowest BCUT2D eigenvalue weighted by atomic mass is 10.3. The number of halogens is 1. The highest BCUT2D eigenvalue weighted by Gasteiger charge is 2.16. The molecule has 0 saturated heterocycles. The monoisotopic (exact) mass is 346 g/mol. The first-order valence-electron chi connectivity index (χ1n) is 8.13. The summed E-state index contributed by atoms with van der Waals surface area (Å²) in [4.78, 5) is 21.5. The van der Waals surface area contributed by atoms with Crippen LogP contribution in [0.25, 0.3) is 22.6 Å². The van der Waals surface area contributed by atoms with Crippen LogP contribution in [0, 0.1) is 5.82 Å². The van der Waals surface area contributed by atoms with Crippen molar-refractivity contribution in [2.45, 2.75) is 6.54 Å². The highest BCUT2D eigenvalue weighted by Crippen LogP contribution is 2.23. The number of rotatable bonds is 4. The molecule has 4 aromatic rings. The number of amides is 1. The second kappa shape index (κ2) is 6.76. The van der Waals surface area contributed by atoms with Crippen LogP contribution in [0.15, 0.2) is 72.9 Å². The Hall–Kier alpha value is -3.54. The van der Waals surface area contributed by atoms with Crippen LogP contribution >= 0.6 is 0 Å². The molecule has 0 aliphatic carbocycles. The molecule has 1 amide bonds. The van der Waals surface area contributed by atoms with Crippen LogP contribution in [0.5, 0.6) is 0 Å². The van der Waals surface area contributed by atoms with E-state index in [4.69, 9.17) is 0 Å². The Morgan fingerprint density at radius 1 is 1.00 bits per heavy atom. The first-order valence-corrected chi connectivity index (χ1v) is 8.13. The van der Waals surface area contributed by atoms with Gasteiger partial charge in [-0.25, -0.2) is 9.37 Å². The fourth-order valence-electron chi connectivity index (χ4n) is 2.82. The lowest BCUT2D eigenvalue weighted by Gasteiger charge is -2.10. The van der Waals surface area contributed by atoms with E-state index < -0.39 is 5.82 Å². The molecule has 4 rings (SSSR count). The number of nitrogens with one attached hydrogen (secondary N) is 1. The van der Waals surface area contributed by atoms with E-state index in [0.717, 1.165) is 11.0 Å². The van der Waals surface area contributed by atoms with E-state index in [-0.39, 0.29) is 18.1 Å². The predicted octanol–water partition coefficient (Wildman–Crippen LogP) is 3.88. The summed E-state index contributed by atoms with van der Waals surface area (Å²) in [7, 11) is 0. The number of carbonyl (C=O) groups excluding carboxylic acids is 1. The van der Waals surface area contributed by atoms with Crippen LogP contribution < -0.4 is 5.32 Å². The zero-order chi connectivity index (χ0) is 17.9. The summed E-state index contributed by atoms with van der Waals surface area (Å²) in [5.74, 6) is -0.216. The second-order valence-electron chi connectivity index (χ2n) is 5.75. The third-order valence-electron chi connectivity index (χ3n) is 4.00. The van der Waals surface area contributed by atoms with E-state index in [1.165, 1.54) is 12.1 Å². The Bertz CT molecular complexity index is 1080. The van der Waals surface area contributed by atoms with Gasteiger partial charge in [0, 0.05) is 6.20 Å². The summed E-state index contributed by atoms with van der Waals surface area (Å²) >= 11 is 0. The summed E-state index contributed by atoms with van der Waals surface area (Å²) in [6.45, 7) is 0.000749. The summed E-state index contributed by atoms with van der Waals surface area (Å²) < 4.78 is 15.6. The standard InChI is InChI=1S/C20H15FN4O/c21-14-7-1-2-8-15(14)23-19(26)13-25-18-11-4-3-9-16(18)24-20(25)17-10-5-6-12-22-17/h1-12H,13H2,(H,23,26). The Morgan fingerprint density at radius 2 is 1.77 bits per heavy atom. The normalized spacial score (nSPS) is 10.8. The van der Waals surface area contributed by atoms with Crippen molar-refractivity contribution in [3.63, 3.8) is 0 Å². The highest BCUT2D eigenvalue weighted by atomic mass is 19.1. The maximum Gasteiger partial charge on any atom is 0.244 e. The van der Waals surface area contributed by atoms with E-state index in [9.17, 15) is 9.18 Å². The van der Waals surface area contributed by atoms with E-state index >= 15 is 0 Å². The number of pyridine rings is 1. The van der Waals surface area contributed by atoms with E-state index in [2.05, 4.69) is 15.3 Å². The third kappa shape index (κ3) is 3.04. The third-order valence-corrected chi connectivity index (χ3v) is 4.00. The predicted molar refractivity (Wildman–Crippen MR) is 98.0 cm³/mol. The van der Waals surface area contributed by atoms with Gasteiger partial charge in [0.05, 0.1) is 16.7 Å². The Balaban J connectivity index is 1.71. The molecule has 0 atom stereocenters. The van der Waals surface area contributed by atoms with Crippen LogP contribution in [0.2, 0.25) is 0 Å². The average molecular weight is 346 g/mol. The molecule has 0 aliphatic rings. The molecule has 0 bridgehead atoms. The molecule has 0 fully saturated rings. The fourth-order valence-corrected chi connectivity index (χ4v) is 2.82. The Kier molecular flexibility index (Phi) is 4.15. The van der Waals surface area contributed by atoms with Crippen molar-refractivity contribution < 1.29 is 9.18 Å². The summed E-state index contributed by atoms with van der Waals surface area (Å²) in [6, 6.07) is 19.2. The van der Waals surface area contributed by atoms with Gasteiger partial charge in [0.1, 0.15) is 18.1 Å². The van der Waals surface area contributed by atoms with Gasteiger partial charge >= 0.3 is 0 Å². The maximum atomic E-state index is 13.8. The largest absolute Gasteiger partial charge is 0.322 e. The van der Waals surface area contributed by atoms with Crippen LogP contribution in [0.1, 0.15) is 0 Å². The molecule has 0 radical (unpaired) electrons. The molecule has 0 saturated carbocycles. The molecular formula is C20H15FN4O. The zero-order valence-corrected chi connectivity index (χ0v) is 13.8. The summed E-state index contributed by atoms with van der Waals surface area (Å²) in [6.07, 6.45) is 1.68. The minimum atomic E-state index is -0.471. The van der Waals surface area contributed by atoms with Gasteiger partial charge in [-0.2, -0.15) is 0 Å². The van der Waals surface area contributed by atoms with E-state index in [0.29, 0.717) is 11.5 Å². The van der Waals surface area contributed by atoms with Crippen molar-refractivity contribution in [3.05, 3.63) is 78.7 Å². The van der Waals surface area contributed by atoms with Crippen LogP contribution in [-0.2, 0) is 11.3 Å². The molecule has 2 aromatic heterocycles. The lowest BCUT2D eigenvalue weighted by Crippen LogP contribution is -2.20. The number of hydrogen-bond donors (Lipinski definition) is 1. The van der Waals surface area contributed by atoms with Gasteiger partial charge in [-0.1, -0.05) is 30.3 Å². The number of imidazole rings is 1. The molecule has 5 nitrogen and oxygen atoms in total. The van der Waals surface area contributed by atoms with Gasteiger partial charge < -0.3 is 9.88 Å². The highest BCUT2D eigenvalue weighted by molar-refractivity contribution is 5.92. The number of para-hydroxylation sites is 3. The second-order valence-corrected chi connectivity index (χ2v) is 5.75. The topological polar surface area (TPSA) is 59.8 Å². The number of fused-ring (bicyclic) bond motifs is 1. The van der Waals surface area contributed by atoms with Crippen molar-refractivity contribution in [1.29, 1.82) is 0 Å². The first kappa shape index (κ1) is 16.0. The fraction of sp³-hybridized carbons (Fsp3) is 0.0500. The number of hydrogen-bond acceptors (Lipinski definition) is 3. The van der Waals surface area contributed by atoms with Crippen LogP contribution in [-0.4, -0.2) is 20.4 Å². The Labute approximate surface area is 149 Å². The van der Waals surface area contributed by atoms with E-state index in [1.807, 2.05) is 42.5 Å². The minimum absolute atomic E-state index is 0.000749. The molecule has 128 valence electrons. The van der Waals surface area contributed by atoms with Crippen molar-refractivity contribution in [2.24, 2.45) is 0 Å². The van der Waals surface area contributed by atoms with E-state index in [1.54, 1.807) is 22.9 Å². The molecule has 0 aliphatic heterocycles. The number of nitrogens with zero attached hydrogens (tertiary/aromatic N) is 3. The minimum Gasteiger partial charge on any atom is -0.322 e. The van der Waals surface area contributed by atoms with Gasteiger partial charge in [-0.05, 0) is 36.4 Å². The SMILES string of the molecule is O=C(Cn1c(-c2ccccn2)nc2ccccc21)Nc1ccccc1F. The smallest absolute Gasteiger partial charge is 0.244 e. The van der Waals surface area contributed by atoms with Gasteiger partial charge in [0.25, 0.3) is 0 Å². The van der Waals surface area contributed by atoms with Gasteiger partial charge in [0.2, 0.25) is 5.91 Å². The molecule has 1 N–H and O–H groups in total. The lowest BCUT2D eigenvalue weighted by molar-refractivity contribution is -0.116. The van der Waals surface area contributed by atoms with Crippen molar-refractivity contribution >= 4 is 22.6 Å². The molecule has 2 heterocycles. The molecule has 0 unspecified atom stereocenters. The molecule has 6 heteroatoms.